The lowest BCUT2D eigenvalue weighted by molar-refractivity contribution is -0.137. The number of nitriles is 1. The number of benzene rings is 1. The van der Waals surface area contributed by atoms with Crippen molar-refractivity contribution in [2.24, 2.45) is 0 Å². The Morgan fingerprint density at radius 2 is 1.79 bits per heavy atom. The SMILES string of the molecule is N#Cc1cc2c(-c3cc(-c4ccccc4C(F)(F)F)[nH]c(=O)c3)ccnc2[nH]1. The van der Waals surface area contributed by atoms with Gasteiger partial charge in [-0.15, -0.1) is 0 Å². The maximum Gasteiger partial charge on any atom is 0.417 e. The molecule has 0 unspecified atom stereocenters. The van der Waals surface area contributed by atoms with E-state index >= 15 is 0 Å². The zero-order chi connectivity index (χ0) is 19.9. The number of pyridine rings is 2. The molecule has 4 rings (SSSR count). The van der Waals surface area contributed by atoms with Crippen LogP contribution in [0.3, 0.4) is 0 Å². The normalized spacial score (nSPS) is 11.5. The summed E-state index contributed by atoms with van der Waals surface area (Å²) in [5, 5.41) is 9.67. The van der Waals surface area contributed by atoms with E-state index in [4.69, 9.17) is 5.26 Å². The van der Waals surface area contributed by atoms with E-state index in [1.165, 1.54) is 36.5 Å². The highest BCUT2D eigenvalue weighted by Crippen LogP contribution is 2.37. The second-order valence-electron chi connectivity index (χ2n) is 6.11. The molecule has 8 heteroatoms. The van der Waals surface area contributed by atoms with Crippen molar-refractivity contribution in [3.05, 3.63) is 76.3 Å². The Morgan fingerprint density at radius 1 is 1.00 bits per heavy atom. The molecule has 3 heterocycles. The van der Waals surface area contributed by atoms with Crippen LogP contribution in [0, 0.1) is 11.3 Å². The molecule has 0 radical (unpaired) electrons. The largest absolute Gasteiger partial charge is 0.417 e. The molecule has 0 aliphatic heterocycles. The van der Waals surface area contributed by atoms with Gasteiger partial charge in [0, 0.05) is 28.9 Å². The number of H-pyrrole nitrogens is 2. The first kappa shape index (κ1) is 17.5. The first-order valence-corrected chi connectivity index (χ1v) is 8.16. The van der Waals surface area contributed by atoms with Crippen molar-refractivity contribution >= 4 is 11.0 Å². The van der Waals surface area contributed by atoms with E-state index in [1.807, 2.05) is 6.07 Å². The van der Waals surface area contributed by atoms with Gasteiger partial charge >= 0.3 is 6.18 Å². The van der Waals surface area contributed by atoms with Crippen LogP contribution in [0.2, 0.25) is 0 Å². The van der Waals surface area contributed by atoms with Gasteiger partial charge < -0.3 is 9.97 Å². The molecular weight excluding hydrogens is 369 g/mol. The monoisotopic (exact) mass is 380 g/mol. The van der Waals surface area contributed by atoms with E-state index in [9.17, 15) is 18.0 Å². The number of hydrogen-bond donors (Lipinski definition) is 2. The lowest BCUT2D eigenvalue weighted by Gasteiger charge is -2.13. The zero-order valence-electron chi connectivity index (χ0n) is 14.1. The summed E-state index contributed by atoms with van der Waals surface area (Å²) >= 11 is 0. The maximum atomic E-state index is 13.4. The van der Waals surface area contributed by atoms with Gasteiger partial charge in [-0.25, -0.2) is 4.98 Å². The van der Waals surface area contributed by atoms with Gasteiger partial charge in [0.15, 0.2) is 0 Å². The Labute approximate surface area is 156 Å². The van der Waals surface area contributed by atoms with Crippen LogP contribution in [0.5, 0.6) is 0 Å². The minimum atomic E-state index is -4.56. The predicted octanol–water partition coefficient (Wildman–Crippen LogP) is 4.48. The molecule has 5 nitrogen and oxygen atoms in total. The van der Waals surface area contributed by atoms with Crippen LogP contribution < -0.4 is 5.56 Å². The van der Waals surface area contributed by atoms with Crippen LogP contribution in [-0.4, -0.2) is 15.0 Å². The van der Waals surface area contributed by atoms with Gasteiger partial charge in [0.1, 0.15) is 17.4 Å². The van der Waals surface area contributed by atoms with Crippen LogP contribution in [0.15, 0.2) is 59.5 Å². The van der Waals surface area contributed by atoms with Crippen LogP contribution in [0.4, 0.5) is 13.2 Å². The third-order valence-electron chi connectivity index (χ3n) is 4.33. The van der Waals surface area contributed by atoms with Crippen molar-refractivity contribution in [3.63, 3.8) is 0 Å². The molecule has 28 heavy (non-hydrogen) atoms. The van der Waals surface area contributed by atoms with E-state index in [2.05, 4.69) is 15.0 Å². The van der Waals surface area contributed by atoms with Crippen molar-refractivity contribution < 1.29 is 13.2 Å². The second kappa shape index (κ2) is 6.39. The number of aromatic nitrogens is 3. The first-order valence-electron chi connectivity index (χ1n) is 8.16. The molecule has 0 aliphatic carbocycles. The Hall–Kier alpha value is -3.86. The lowest BCUT2D eigenvalue weighted by atomic mass is 9.99. The molecule has 0 saturated heterocycles. The minimum Gasteiger partial charge on any atom is -0.331 e. The van der Waals surface area contributed by atoms with Crippen molar-refractivity contribution in [2.75, 3.05) is 0 Å². The van der Waals surface area contributed by atoms with Gasteiger partial charge in [-0.2, -0.15) is 18.4 Å². The number of aromatic amines is 2. The Bertz CT molecular complexity index is 1300. The molecule has 0 bridgehead atoms. The fourth-order valence-corrected chi connectivity index (χ4v) is 3.15. The van der Waals surface area contributed by atoms with Crippen LogP contribution in [-0.2, 0) is 6.18 Å². The van der Waals surface area contributed by atoms with Gasteiger partial charge in [-0.1, -0.05) is 18.2 Å². The number of halogens is 3. The summed E-state index contributed by atoms with van der Waals surface area (Å²) in [6, 6.07) is 13.0. The first-order chi connectivity index (χ1) is 13.4. The molecule has 0 saturated carbocycles. The Kier molecular flexibility index (Phi) is 4.00. The summed E-state index contributed by atoms with van der Waals surface area (Å²) in [4.78, 5) is 21.7. The van der Waals surface area contributed by atoms with E-state index in [0.717, 1.165) is 6.07 Å². The van der Waals surface area contributed by atoms with Crippen molar-refractivity contribution in [1.82, 2.24) is 15.0 Å². The highest BCUT2D eigenvalue weighted by Gasteiger charge is 2.33. The molecule has 0 fully saturated rings. The molecule has 2 N–H and O–H groups in total. The number of nitrogens with zero attached hydrogens (tertiary/aromatic N) is 2. The third kappa shape index (κ3) is 3.03. The Morgan fingerprint density at radius 3 is 2.54 bits per heavy atom. The van der Waals surface area contributed by atoms with E-state index in [-0.39, 0.29) is 11.3 Å². The molecule has 0 amide bonds. The number of hydrogen-bond acceptors (Lipinski definition) is 3. The van der Waals surface area contributed by atoms with E-state index in [0.29, 0.717) is 27.9 Å². The second-order valence-corrected chi connectivity index (χ2v) is 6.11. The molecule has 1 aromatic carbocycles. The third-order valence-corrected chi connectivity index (χ3v) is 4.33. The van der Waals surface area contributed by atoms with Gasteiger partial charge in [-0.3, -0.25) is 4.79 Å². The quantitative estimate of drug-likeness (QED) is 0.538. The summed E-state index contributed by atoms with van der Waals surface area (Å²) in [6.07, 6.45) is -3.06. The zero-order valence-corrected chi connectivity index (χ0v) is 14.1. The maximum absolute atomic E-state index is 13.4. The smallest absolute Gasteiger partial charge is 0.331 e. The summed E-state index contributed by atoms with van der Waals surface area (Å²) in [6.45, 7) is 0. The standard InChI is InChI=1S/C20H11F3N4O/c21-20(22,23)16-4-2-1-3-14(16)17-7-11(8-18(28)27-17)13-5-6-25-19-15(13)9-12(10-24)26-19/h1-9H,(H,25,26)(H,27,28). The average Bonchev–Trinajstić information content (AvgIpc) is 3.10. The summed E-state index contributed by atoms with van der Waals surface area (Å²) in [5.41, 5.74) is 0.309. The highest BCUT2D eigenvalue weighted by molar-refractivity contribution is 5.94. The molecule has 0 atom stereocenters. The molecule has 4 aromatic rings. The average molecular weight is 380 g/mol. The molecule has 0 spiro atoms. The van der Waals surface area contributed by atoms with Crippen molar-refractivity contribution in [3.8, 4) is 28.5 Å². The minimum absolute atomic E-state index is 0.0522. The predicted molar refractivity (Wildman–Crippen MR) is 97.3 cm³/mol. The van der Waals surface area contributed by atoms with Crippen molar-refractivity contribution in [1.29, 1.82) is 5.26 Å². The van der Waals surface area contributed by atoms with Gasteiger partial charge in [0.25, 0.3) is 0 Å². The van der Waals surface area contributed by atoms with Crippen molar-refractivity contribution in [2.45, 2.75) is 6.18 Å². The van der Waals surface area contributed by atoms with Crippen LogP contribution in [0.25, 0.3) is 33.4 Å². The fraction of sp³-hybridized carbons (Fsp3) is 0.0500. The topological polar surface area (TPSA) is 85.3 Å². The highest BCUT2D eigenvalue weighted by atomic mass is 19.4. The van der Waals surface area contributed by atoms with Gasteiger partial charge in [-0.05, 0) is 35.4 Å². The van der Waals surface area contributed by atoms with E-state index < -0.39 is 17.3 Å². The van der Waals surface area contributed by atoms with Gasteiger partial charge in [0.05, 0.1) is 5.56 Å². The number of rotatable bonds is 2. The lowest BCUT2D eigenvalue weighted by Crippen LogP contribution is -2.10. The molecular formula is C20H11F3N4O. The molecule has 0 aliphatic rings. The van der Waals surface area contributed by atoms with Gasteiger partial charge in [0.2, 0.25) is 5.56 Å². The van der Waals surface area contributed by atoms with Crippen LogP contribution >= 0.6 is 0 Å². The number of alkyl halides is 3. The summed E-state index contributed by atoms with van der Waals surface area (Å²) < 4.78 is 40.1. The van der Waals surface area contributed by atoms with E-state index in [1.54, 1.807) is 12.1 Å². The molecule has 138 valence electrons. The fourth-order valence-electron chi connectivity index (χ4n) is 3.15. The summed E-state index contributed by atoms with van der Waals surface area (Å²) in [5.74, 6) is 0. The molecule has 3 aromatic heterocycles. The van der Waals surface area contributed by atoms with Crippen LogP contribution in [0.1, 0.15) is 11.3 Å². The number of nitrogens with one attached hydrogen (secondary N) is 2. The number of fused-ring (bicyclic) bond motifs is 1. The summed E-state index contributed by atoms with van der Waals surface area (Å²) in [7, 11) is 0. The Balaban J connectivity index is 1.95.